The number of benzene rings is 2. The molecule has 126 valence electrons. The second kappa shape index (κ2) is 8.32. The highest BCUT2D eigenvalue weighted by atomic mass is 35.5. The molecule has 0 unspecified atom stereocenters. The van der Waals surface area contributed by atoms with Crippen LogP contribution in [0.25, 0.3) is 0 Å². The second-order valence-electron chi connectivity index (χ2n) is 6.25. The summed E-state index contributed by atoms with van der Waals surface area (Å²) >= 11 is 5.87. The van der Waals surface area contributed by atoms with E-state index in [0.29, 0.717) is 13.1 Å². The maximum absolute atomic E-state index is 12.0. The Labute approximate surface area is 148 Å². The van der Waals surface area contributed by atoms with Gasteiger partial charge in [-0.15, -0.1) is 0 Å². The van der Waals surface area contributed by atoms with Gasteiger partial charge in [0, 0.05) is 17.6 Å². The van der Waals surface area contributed by atoms with Crippen molar-refractivity contribution in [2.75, 3.05) is 13.1 Å². The van der Waals surface area contributed by atoms with Gasteiger partial charge in [-0.05, 0) is 54.5 Å². The number of aryl methyl sites for hydroxylation is 1. The third-order valence-corrected chi connectivity index (χ3v) is 4.78. The van der Waals surface area contributed by atoms with Gasteiger partial charge in [-0.3, -0.25) is 4.79 Å². The standard InChI is InChI=1S/C20H23ClN2O/c21-17-10-8-15(9-11-17)12-13-22-20(24)14-23-19-7-3-5-16-4-1-2-6-18(16)19/h1-2,4,6,8-11,19,23H,3,5,7,12-14H2,(H,22,24)/t19-/m1/s1. The Hall–Kier alpha value is -1.84. The highest BCUT2D eigenvalue weighted by Crippen LogP contribution is 2.29. The molecule has 0 fully saturated rings. The lowest BCUT2D eigenvalue weighted by atomic mass is 9.88. The van der Waals surface area contributed by atoms with Crippen LogP contribution in [0.3, 0.4) is 0 Å². The van der Waals surface area contributed by atoms with Crippen molar-refractivity contribution in [3.8, 4) is 0 Å². The Kier molecular flexibility index (Phi) is 5.89. The zero-order valence-corrected chi connectivity index (χ0v) is 14.5. The third-order valence-electron chi connectivity index (χ3n) is 4.53. The van der Waals surface area contributed by atoms with Crippen molar-refractivity contribution >= 4 is 17.5 Å². The first-order valence-corrected chi connectivity index (χ1v) is 8.92. The van der Waals surface area contributed by atoms with Crippen LogP contribution in [0.2, 0.25) is 5.02 Å². The summed E-state index contributed by atoms with van der Waals surface area (Å²) in [6, 6.07) is 16.5. The minimum Gasteiger partial charge on any atom is -0.355 e. The summed E-state index contributed by atoms with van der Waals surface area (Å²) in [5.41, 5.74) is 3.93. The van der Waals surface area contributed by atoms with E-state index in [-0.39, 0.29) is 11.9 Å². The predicted octanol–water partition coefficient (Wildman–Crippen LogP) is 3.67. The van der Waals surface area contributed by atoms with Gasteiger partial charge < -0.3 is 10.6 Å². The van der Waals surface area contributed by atoms with Crippen LogP contribution in [-0.2, 0) is 17.6 Å². The number of amides is 1. The summed E-state index contributed by atoms with van der Waals surface area (Å²) in [7, 11) is 0. The third kappa shape index (κ3) is 4.59. The van der Waals surface area contributed by atoms with E-state index in [2.05, 4.69) is 34.9 Å². The molecule has 0 spiro atoms. The molecule has 0 saturated carbocycles. The smallest absolute Gasteiger partial charge is 0.233 e. The Morgan fingerprint density at radius 2 is 1.92 bits per heavy atom. The van der Waals surface area contributed by atoms with E-state index in [1.54, 1.807) is 0 Å². The van der Waals surface area contributed by atoms with Gasteiger partial charge in [0.05, 0.1) is 6.54 Å². The minimum absolute atomic E-state index is 0.0482. The van der Waals surface area contributed by atoms with Gasteiger partial charge in [0.15, 0.2) is 0 Å². The zero-order chi connectivity index (χ0) is 16.8. The second-order valence-corrected chi connectivity index (χ2v) is 6.69. The monoisotopic (exact) mass is 342 g/mol. The largest absolute Gasteiger partial charge is 0.355 e. The first-order chi connectivity index (χ1) is 11.7. The molecule has 0 heterocycles. The first kappa shape index (κ1) is 17.0. The van der Waals surface area contributed by atoms with Crippen LogP contribution in [-0.4, -0.2) is 19.0 Å². The average Bonchev–Trinajstić information content (AvgIpc) is 2.61. The van der Waals surface area contributed by atoms with Gasteiger partial charge >= 0.3 is 0 Å². The molecule has 1 aliphatic carbocycles. The Morgan fingerprint density at radius 3 is 2.75 bits per heavy atom. The number of rotatable bonds is 6. The van der Waals surface area contributed by atoms with Gasteiger partial charge in [0.1, 0.15) is 0 Å². The number of carbonyl (C=O) groups excluding carboxylic acids is 1. The van der Waals surface area contributed by atoms with Crippen LogP contribution in [0.15, 0.2) is 48.5 Å². The van der Waals surface area contributed by atoms with E-state index in [9.17, 15) is 4.79 Å². The van der Waals surface area contributed by atoms with E-state index in [1.807, 2.05) is 24.3 Å². The number of fused-ring (bicyclic) bond motifs is 1. The minimum atomic E-state index is 0.0482. The molecule has 4 heteroatoms. The number of carbonyl (C=O) groups is 1. The molecular formula is C20H23ClN2O. The number of hydrogen-bond acceptors (Lipinski definition) is 2. The Bertz CT molecular complexity index is 684. The fraction of sp³-hybridized carbons (Fsp3) is 0.350. The maximum atomic E-state index is 12.0. The van der Waals surface area contributed by atoms with Crippen molar-refractivity contribution in [3.05, 3.63) is 70.2 Å². The quantitative estimate of drug-likeness (QED) is 0.841. The van der Waals surface area contributed by atoms with Gasteiger partial charge in [0.2, 0.25) is 5.91 Å². The van der Waals surface area contributed by atoms with Crippen molar-refractivity contribution < 1.29 is 4.79 Å². The molecule has 2 aromatic carbocycles. The molecule has 3 nitrogen and oxygen atoms in total. The van der Waals surface area contributed by atoms with Crippen LogP contribution in [0.4, 0.5) is 0 Å². The lowest BCUT2D eigenvalue weighted by Gasteiger charge is -2.26. The fourth-order valence-corrected chi connectivity index (χ4v) is 3.37. The van der Waals surface area contributed by atoms with Crippen LogP contribution < -0.4 is 10.6 Å². The van der Waals surface area contributed by atoms with Crippen molar-refractivity contribution in [1.29, 1.82) is 0 Å². The predicted molar refractivity (Wildman–Crippen MR) is 98.3 cm³/mol. The topological polar surface area (TPSA) is 41.1 Å². The molecule has 2 aromatic rings. The van der Waals surface area contributed by atoms with Crippen LogP contribution >= 0.6 is 11.6 Å². The van der Waals surface area contributed by atoms with Gasteiger partial charge in [-0.25, -0.2) is 0 Å². The van der Waals surface area contributed by atoms with Gasteiger partial charge in [-0.1, -0.05) is 48.0 Å². The van der Waals surface area contributed by atoms with Gasteiger partial charge in [-0.2, -0.15) is 0 Å². The molecular weight excluding hydrogens is 320 g/mol. The number of halogens is 1. The normalized spacial score (nSPS) is 16.5. The van der Waals surface area contributed by atoms with E-state index in [1.165, 1.54) is 23.1 Å². The molecule has 0 aliphatic heterocycles. The maximum Gasteiger partial charge on any atom is 0.233 e. The highest BCUT2D eigenvalue weighted by Gasteiger charge is 2.19. The number of hydrogen-bond donors (Lipinski definition) is 2. The molecule has 1 aliphatic rings. The first-order valence-electron chi connectivity index (χ1n) is 8.55. The summed E-state index contributed by atoms with van der Waals surface area (Å²) < 4.78 is 0. The molecule has 0 bridgehead atoms. The molecule has 0 saturated heterocycles. The van der Waals surface area contributed by atoms with Crippen molar-refractivity contribution in [3.63, 3.8) is 0 Å². The summed E-state index contributed by atoms with van der Waals surface area (Å²) in [6.45, 7) is 1.00. The average molecular weight is 343 g/mol. The lowest BCUT2D eigenvalue weighted by Crippen LogP contribution is -2.37. The molecule has 24 heavy (non-hydrogen) atoms. The zero-order valence-electron chi connectivity index (χ0n) is 13.7. The van der Waals surface area contributed by atoms with Crippen molar-refractivity contribution in [2.24, 2.45) is 0 Å². The summed E-state index contributed by atoms with van der Waals surface area (Å²) in [4.78, 5) is 12.0. The molecule has 1 amide bonds. The summed E-state index contributed by atoms with van der Waals surface area (Å²) in [6.07, 6.45) is 4.22. The van der Waals surface area contributed by atoms with E-state index >= 15 is 0 Å². The SMILES string of the molecule is O=C(CN[C@@H]1CCCc2ccccc21)NCCc1ccc(Cl)cc1. The molecule has 3 rings (SSSR count). The van der Waals surface area contributed by atoms with Gasteiger partial charge in [0.25, 0.3) is 0 Å². The van der Waals surface area contributed by atoms with Crippen LogP contribution in [0, 0.1) is 0 Å². The van der Waals surface area contributed by atoms with E-state index < -0.39 is 0 Å². The van der Waals surface area contributed by atoms with E-state index in [4.69, 9.17) is 11.6 Å². The number of nitrogens with one attached hydrogen (secondary N) is 2. The Morgan fingerprint density at radius 1 is 1.12 bits per heavy atom. The van der Waals surface area contributed by atoms with Crippen molar-refractivity contribution in [1.82, 2.24) is 10.6 Å². The summed E-state index contributed by atoms with van der Waals surface area (Å²) in [5.74, 6) is 0.0482. The fourth-order valence-electron chi connectivity index (χ4n) is 3.24. The molecule has 0 radical (unpaired) electrons. The highest BCUT2D eigenvalue weighted by molar-refractivity contribution is 6.30. The molecule has 2 N–H and O–H groups in total. The Balaban J connectivity index is 1.42. The van der Waals surface area contributed by atoms with Crippen LogP contribution in [0.5, 0.6) is 0 Å². The van der Waals surface area contributed by atoms with Crippen molar-refractivity contribution in [2.45, 2.75) is 31.7 Å². The summed E-state index contributed by atoms with van der Waals surface area (Å²) in [5, 5.41) is 7.11. The lowest BCUT2D eigenvalue weighted by molar-refractivity contribution is -0.120. The molecule has 1 atom stereocenters. The van der Waals surface area contributed by atoms with Crippen LogP contribution in [0.1, 0.15) is 35.6 Å². The molecule has 0 aromatic heterocycles. The van der Waals surface area contributed by atoms with E-state index in [0.717, 1.165) is 24.3 Å².